The van der Waals surface area contributed by atoms with Crippen LogP contribution < -0.4 is 9.64 Å². The van der Waals surface area contributed by atoms with Gasteiger partial charge < -0.3 is 9.64 Å². The third-order valence-corrected chi connectivity index (χ3v) is 2.77. The van der Waals surface area contributed by atoms with Crippen molar-refractivity contribution in [1.82, 2.24) is 15.0 Å². The van der Waals surface area contributed by atoms with Crippen LogP contribution in [0.4, 0.5) is 11.6 Å². The van der Waals surface area contributed by atoms with Crippen LogP contribution in [-0.2, 0) is 0 Å². The van der Waals surface area contributed by atoms with E-state index in [2.05, 4.69) is 21.0 Å². The lowest BCUT2D eigenvalue weighted by atomic mass is 10.3. The maximum Gasteiger partial charge on any atom is 0.322 e. The fourth-order valence-electron chi connectivity index (χ4n) is 1.75. The molecular formula is C14H14ClN5O. The van der Waals surface area contributed by atoms with Gasteiger partial charge in [0.2, 0.25) is 11.2 Å². The Morgan fingerprint density at radius 3 is 2.67 bits per heavy atom. The number of nitrogens with zero attached hydrogens (tertiary/aromatic N) is 5. The molecule has 0 amide bonds. The molecule has 1 heterocycles. The minimum Gasteiger partial charge on any atom is -0.464 e. The second-order valence-corrected chi connectivity index (χ2v) is 4.35. The van der Waals surface area contributed by atoms with Crippen LogP contribution in [0.5, 0.6) is 6.01 Å². The number of anilines is 2. The van der Waals surface area contributed by atoms with Gasteiger partial charge in [0, 0.05) is 12.2 Å². The molecule has 1 aromatic heterocycles. The molecule has 0 radical (unpaired) electrons. The molecular weight excluding hydrogens is 290 g/mol. The lowest BCUT2D eigenvalue weighted by Crippen LogP contribution is -2.21. The van der Waals surface area contributed by atoms with Crippen LogP contribution in [0.25, 0.3) is 0 Å². The van der Waals surface area contributed by atoms with Crippen LogP contribution >= 0.6 is 11.6 Å². The highest BCUT2D eigenvalue weighted by molar-refractivity contribution is 6.28. The van der Waals surface area contributed by atoms with E-state index < -0.39 is 0 Å². The number of halogens is 1. The zero-order valence-corrected chi connectivity index (χ0v) is 12.3. The van der Waals surface area contributed by atoms with E-state index in [-0.39, 0.29) is 11.3 Å². The van der Waals surface area contributed by atoms with Crippen molar-refractivity contribution in [1.29, 1.82) is 5.26 Å². The zero-order valence-electron chi connectivity index (χ0n) is 11.5. The van der Waals surface area contributed by atoms with Crippen LogP contribution in [0.15, 0.2) is 30.3 Å². The van der Waals surface area contributed by atoms with Gasteiger partial charge in [0.25, 0.3) is 0 Å². The Bertz CT molecular complexity index is 629. The Labute approximate surface area is 128 Å². The monoisotopic (exact) mass is 303 g/mol. The third kappa shape index (κ3) is 4.04. The molecule has 0 N–H and O–H groups in total. The minimum absolute atomic E-state index is 0.0568. The molecule has 0 saturated carbocycles. The SMILES string of the molecule is CCOc1nc(Cl)nc(N(CCC#N)c2ccccc2)n1. The Hall–Kier alpha value is -2.39. The highest BCUT2D eigenvalue weighted by atomic mass is 35.5. The van der Waals surface area contributed by atoms with Crippen molar-refractivity contribution in [2.24, 2.45) is 0 Å². The highest BCUT2D eigenvalue weighted by Crippen LogP contribution is 2.24. The van der Waals surface area contributed by atoms with Crippen molar-refractivity contribution in [2.45, 2.75) is 13.3 Å². The summed E-state index contributed by atoms with van der Waals surface area (Å²) in [6.45, 7) is 2.72. The average molecular weight is 304 g/mol. The molecule has 2 rings (SSSR count). The third-order valence-electron chi connectivity index (χ3n) is 2.61. The summed E-state index contributed by atoms with van der Waals surface area (Å²) < 4.78 is 5.28. The summed E-state index contributed by atoms with van der Waals surface area (Å²) in [5.41, 5.74) is 0.873. The summed E-state index contributed by atoms with van der Waals surface area (Å²) in [7, 11) is 0. The molecule has 0 aliphatic rings. The molecule has 1 aromatic carbocycles. The first kappa shape index (κ1) is 15.0. The van der Waals surface area contributed by atoms with Crippen LogP contribution in [0.1, 0.15) is 13.3 Å². The van der Waals surface area contributed by atoms with E-state index in [0.29, 0.717) is 25.5 Å². The van der Waals surface area contributed by atoms with Gasteiger partial charge in [0.15, 0.2) is 0 Å². The fraction of sp³-hybridized carbons (Fsp3) is 0.286. The number of rotatable bonds is 6. The zero-order chi connectivity index (χ0) is 15.1. The number of hydrogen-bond acceptors (Lipinski definition) is 6. The molecule has 0 aliphatic heterocycles. The van der Waals surface area contributed by atoms with Crippen molar-refractivity contribution in [3.63, 3.8) is 0 Å². The smallest absolute Gasteiger partial charge is 0.322 e. The van der Waals surface area contributed by atoms with Gasteiger partial charge in [0.1, 0.15) is 0 Å². The van der Waals surface area contributed by atoms with Crippen molar-refractivity contribution in [3.05, 3.63) is 35.6 Å². The Morgan fingerprint density at radius 1 is 1.24 bits per heavy atom. The molecule has 0 bridgehead atoms. The second-order valence-electron chi connectivity index (χ2n) is 4.02. The summed E-state index contributed by atoms with van der Waals surface area (Å²) in [6, 6.07) is 11.8. The predicted molar refractivity (Wildman–Crippen MR) is 79.7 cm³/mol. The van der Waals surface area contributed by atoms with Gasteiger partial charge in [-0.05, 0) is 30.7 Å². The first-order chi connectivity index (χ1) is 10.2. The van der Waals surface area contributed by atoms with Gasteiger partial charge in [-0.2, -0.15) is 20.2 Å². The maximum atomic E-state index is 8.82. The van der Waals surface area contributed by atoms with E-state index in [1.807, 2.05) is 37.3 Å². The Balaban J connectivity index is 2.39. The minimum atomic E-state index is 0.0568. The number of para-hydroxylation sites is 1. The molecule has 0 spiro atoms. The summed E-state index contributed by atoms with van der Waals surface area (Å²) in [5, 5.41) is 8.88. The van der Waals surface area contributed by atoms with Gasteiger partial charge >= 0.3 is 6.01 Å². The molecule has 0 unspecified atom stereocenters. The summed E-state index contributed by atoms with van der Waals surface area (Å²) in [4.78, 5) is 14.1. The van der Waals surface area contributed by atoms with Gasteiger partial charge in [0.05, 0.1) is 19.1 Å². The van der Waals surface area contributed by atoms with E-state index in [9.17, 15) is 0 Å². The molecule has 0 saturated heterocycles. The van der Waals surface area contributed by atoms with Crippen LogP contribution in [0.3, 0.4) is 0 Å². The molecule has 0 fully saturated rings. The number of hydrogen-bond donors (Lipinski definition) is 0. The van der Waals surface area contributed by atoms with Crippen molar-refractivity contribution >= 4 is 23.2 Å². The fourth-order valence-corrected chi connectivity index (χ4v) is 1.90. The van der Waals surface area contributed by atoms with Crippen molar-refractivity contribution in [3.8, 4) is 12.1 Å². The van der Waals surface area contributed by atoms with Crippen molar-refractivity contribution < 1.29 is 4.74 Å². The predicted octanol–water partition coefficient (Wildman–Crippen LogP) is 2.98. The molecule has 21 heavy (non-hydrogen) atoms. The van der Waals surface area contributed by atoms with E-state index in [0.717, 1.165) is 5.69 Å². The molecule has 0 atom stereocenters. The maximum absolute atomic E-state index is 8.82. The molecule has 108 valence electrons. The summed E-state index contributed by atoms with van der Waals surface area (Å²) in [6.07, 6.45) is 0.335. The average Bonchev–Trinajstić information content (AvgIpc) is 2.48. The second kappa shape index (κ2) is 7.41. The molecule has 6 nitrogen and oxygen atoms in total. The van der Waals surface area contributed by atoms with Crippen LogP contribution in [0.2, 0.25) is 5.28 Å². The summed E-state index contributed by atoms with van der Waals surface area (Å²) >= 11 is 5.92. The highest BCUT2D eigenvalue weighted by Gasteiger charge is 2.15. The lowest BCUT2D eigenvalue weighted by Gasteiger charge is -2.21. The molecule has 2 aromatic rings. The number of benzene rings is 1. The van der Waals surface area contributed by atoms with E-state index >= 15 is 0 Å². The Morgan fingerprint density at radius 2 is 2.00 bits per heavy atom. The Kier molecular flexibility index (Phi) is 5.29. The standard InChI is InChI=1S/C14H14ClN5O/c1-2-21-14-18-12(15)17-13(19-14)20(10-6-9-16)11-7-4-3-5-8-11/h3-5,7-8H,2,6,10H2,1H3. The number of nitriles is 1. The first-order valence-electron chi connectivity index (χ1n) is 6.48. The molecule has 7 heteroatoms. The van der Waals surface area contributed by atoms with Gasteiger partial charge in [-0.1, -0.05) is 18.2 Å². The first-order valence-corrected chi connectivity index (χ1v) is 6.86. The lowest BCUT2D eigenvalue weighted by molar-refractivity contribution is 0.311. The van der Waals surface area contributed by atoms with E-state index in [1.165, 1.54) is 0 Å². The largest absolute Gasteiger partial charge is 0.464 e. The van der Waals surface area contributed by atoms with Gasteiger partial charge in [-0.3, -0.25) is 0 Å². The quantitative estimate of drug-likeness (QED) is 0.816. The van der Waals surface area contributed by atoms with Crippen molar-refractivity contribution in [2.75, 3.05) is 18.1 Å². The number of aromatic nitrogens is 3. The normalized spacial score (nSPS) is 9.95. The van der Waals surface area contributed by atoms with Crippen LogP contribution in [-0.4, -0.2) is 28.1 Å². The van der Waals surface area contributed by atoms with E-state index in [1.54, 1.807) is 4.90 Å². The topological polar surface area (TPSA) is 74.9 Å². The number of ether oxygens (including phenoxy) is 1. The van der Waals surface area contributed by atoms with Crippen LogP contribution in [0, 0.1) is 11.3 Å². The van der Waals surface area contributed by atoms with E-state index in [4.69, 9.17) is 21.6 Å². The van der Waals surface area contributed by atoms with Gasteiger partial charge in [-0.25, -0.2) is 0 Å². The molecule has 0 aliphatic carbocycles. The summed E-state index contributed by atoms with van der Waals surface area (Å²) in [5.74, 6) is 0.361. The van der Waals surface area contributed by atoms with Gasteiger partial charge in [-0.15, -0.1) is 0 Å².